The van der Waals surface area contributed by atoms with Crippen molar-refractivity contribution in [1.29, 1.82) is 0 Å². The van der Waals surface area contributed by atoms with Crippen molar-refractivity contribution in [3.8, 4) is 0 Å². The van der Waals surface area contributed by atoms with Crippen LogP contribution in [0.5, 0.6) is 0 Å². The third kappa shape index (κ3) is 4.25. The highest BCUT2D eigenvalue weighted by Crippen LogP contribution is 2.21. The van der Waals surface area contributed by atoms with Crippen molar-refractivity contribution in [2.24, 2.45) is 0 Å². The number of aliphatic carboxylic acids is 1. The molecule has 6 nitrogen and oxygen atoms in total. The summed E-state index contributed by atoms with van der Waals surface area (Å²) in [5.74, 6) is -1.13. The number of carboxylic acids is 1. The Labute approximate surface area is 111 Å². The number of carbonyl (C=O) groups excluding carboxylic acids is 1. The van der Waals surface area contributed by atoms with E-state index in [0.717, 1.165) is 22.5 Å². The third-order valence-corrected chi connectivity index (χ3v) is 5.69. The quantitative estimate of drug-likeness (QED) is 0.795. The molecule has 1 saturated heterocycles. The fourth-order valence-corrected chi connectivity index (χ4v) is 4.58. The summed E-state index contributed by atoms with van der Waals surface area (Å²) in [6.07, 6.45) is 1.77. The number of hydrogen-bond acceptors (Lipinski definition) is 5. The Morgan fingerprint density at radius 1 is 1.39 bits per heavy atom. The van der Waals surface area contributed by atoms with E-state index in [2.05, 4.69) is 0 Å². The van der Waals surface area contributed by atoms with E-state index in [1.807, 2.05) is 0 Å². The summed E-state index contributed by atoms with van der Waals surface area (Å²) in [6, 6.07) is -0.953. The Hall–Kier alpha value is -0.600. The fourth-order valence-electron chi connectivity index (χ4n) is 1.89. The average molecular weight is 295 g/mol. The number of rotatable bonds is 5. The molecule has 0 amide bonds. The van der Waals surface area contributed by atoms with Gasteiger partial charge in [-0.3, -0.25) is 9.59 Å². The number of sulfonamides is 1. The summed E-state index contributed by atoms with van der Waals surface area (Å²) >= 11 is 0.940. The van der Waals surface area contributed by atoms with Crippen LogP contribution in [0.1, 0.15) is 26.2 Å². The normalized spacial score (nSPS) is 21.7. The lowest BCUT2D eigenvalue weighted by Crippen LogP contribution is -2.48. The Morgan fingerprint density at radius 3 is 2.61 bits per heavy atom. The maximum Gasteiger partial charge on any atom is 0.322 e. The van der Waals surface area contributed by atoms with E-state index in [1.54, 1.807) is 0 Å². The summed E-state index contributed by atoms with van der Waals surface area (Å²) < 4.78 is 25.1. The lowest BCUT2D eigenvalue weighted by Gasteiger charge is -2.31. The van der Waals surface area contributed by atoms with Crippen LogP contribution in [0.2, 0.25) is 0 Å². The van der Waals surface area contributed by atoms with Gasteiger partial charge in [-0.05, 0) is 19.3 Å². The molecule has 0 bridgehead atoms. The SMILES string of the molecule is CC(=O)SCCS(=O)(=O)N1CCCCC1C(=O)O. The molecule has 0 saturated carbocycles. The van der Waals surface area contributed by atoms with Crippen LogP contribution in [-0.4, -0.2) is 53.0 Å². The van der Waals surface area contributed by atoms with Gasteiger partial charge in [-0.1, -0.05) is 11.8 Å². The van der Waals surface area contributed by atoms with Crippen LogP contribution < -0.4 is 0 Å². The number of thioether (sulfide) groups is 1. The van der Waals surface area contributed by atoms with Crippen molar-refractivity contribution in [2.45, 2.75) is 32.2 Å². The molecule has 0 spiro atoms. The predicted molar refractivity (Wildman–Crippen MR) is 68.9 cm³/mol. The molecule has 1 aliphatic heterocycles. The highest BCUT2D eigenvalue weighted by molar-refractivity contribution is 8.14. The molecule has 1 atom stereocenters. The monoisotopic (exact) mass is 295 g/mol. The standard InChI is InChI=1S/C10H17NO5S2/c1-8(12)17-6-7-18(15,16)11-5-3-2-4-9(11)10(13)14/h9H,2-7H2,1H3,(H,13,14). The molecule has 8 heteroatoms. The number of piperidine rings is 1. The fraction of sp³-hybridized carbons (Fsp3) is 0.800. The Balaban J connectivity index is 2.69. The lowest BCUT2D eigenvalue weighted by molar-refractivity contribution is -0.142. The molecule has 1 unspecified atom stereocenters. The minimum absolute atomic E-state index is 0.140. The number of hydrogen-bond donors (Lipinski definition) is 1. The molecule has 0 aromatic rings. The molecular weight excluding hydrogens is 278 g/mol. The summed E-state index contributed by atoms with van der Waals surface area (Å²) in [7, 11) is -3.59. The van der Waals surface area contributed by atoms with Gasteiger partial charge in [0.1, 0.15) is 6.04 Å². The van der Waals surface area contributed by atoms with Gasteiger partial charge >= 0.3 is 5.97 Å². The second kappa shape index (κ2) is 6.53. The first kappa shape index (κ1) is 15.5. The van der Waals surface area contributed by atoms with Crippen molar-refractivity contribution in [3.63, 3.8) is 0 Å². The number of carbonyl (C=O) groups is 2. The van der Waals surface area contributed by atoms with Gasteiger partial charge in [0.25, 0.3) is 0 Å². The molecule has 0 aliphatic carbocycles. The van der Waals surface area contributed by atoms with Crippen LogP contribution in [0, 0.1) is 0 Å². The minimum Gasteiger partial charge on any atom is -0.480 e. The molecule has 0 aromatic carbocycles. The van der Waals surface area contributed by atoms with Gasteiger partial charge in [-0.15, -0.1) is 0 Å². The van der Waals surface area contributed by atoms with Gasteiger partial charge in [0.2, 0.25) is 10.0 Å². The lowest BCUT2D eigenvalue weighted by atomic mass is 10.1. The Morgan fingerprint density at radius 2 is 2.06 bits per heavy atom. The highest BCUT2D eigenvalue weighted by Gasteiger charge is 2.36. The van der Waals surface area contributed by atoms with Gasteiger partial charge < -0.3 is 5.11 Å². The maximum absolute atomic E-state index is 12.0. The van der Waals surface area contributed by atoms with Crippen LogP contribution in [0.3, 0.4) is 0 Å². The molecule has 1 aliphatic rings. The molecule has 1 rings (SSSR count). The van der Waals surface area contributed by atoms with E-state index in [0.29, 0.717) is 12.8 Å². The zero-order chi connectivity index (χ0) is 13.8. The maximum atomic E-state index is 12.0. The third-order valence-electron chi connectivity index (χ3n) is 2.74. The van der Waals surface area contributed by atoms with E-state index >= 15 is 0 Å². The second-order valence-electron chi connectivity index (χ2n) is 4.12. The second-order valence-corrected chi connectivity index (χ2v) is 7.43. The van der Waals surface area contributed by atoms with Crippen molar-refractivity contribution >= 4 is 32.9 Å². The van der Waals surface area contributed by atoms with Gasteiger partial charge in [0.15, 0.2) is 5.12 Å². The van der Waals surface area contributed by atoms with Crippen LogP contribution in [0.4, 0.5) is 0 Å². The number of nitrogens with zero attached hydrogens (tertiary/aromatic N) is 1. The molecule has 1 N–H and O–H groups in total. The van der Waals surface area contributed by atoms with Crippen molar-refractivity contribution in [1.82, 2.24) is 4.31 Å². The topological polar surface area (TPSA) is 91.8 Å². The van der Waals surface area contributed by atoms with E-state index in [4.69, 9.17) is 5.11 Å². The van der Waals surface area contributed by atoms with Crippen molar-refractivity contribution in [3.05, 3.63) is 0 Å². The summed E-state index contributed by atoms with van der Waals surface area (Å²) in [5.41, 5.74) is 0. The first-order valence-corrected chi connectivity index (χ1v) is 8.30. The van der Waals surface area contributed by atoms with Crippen LogP contribution >= 0.6 is 11.8 Å². The minimum atomic E-state index is -3.59. The summed E-state index contributed by atoms with van der Waals surface area (Å²) in [5, 5.41) is 8.88. The van der Waals surface area contributed by atoms with Gasteiger partial charge in [0.05, 0.1) is 5.75 Å². The van der Waals surface area contributed by atoms with E-state index in [1.165, 1.54) is 6.92 Å². The molecule has 0 aromatic heterocycles. The van der Waals surface area contributed by atoms with Crippen LogP contribution in [0.25, 0.3) is 0 Å². The van der Waals surface area contributed by atoms with E-state index in [9.17, 15) is 18.0 Å². The Bertz CT molecular complexity index is 420. The largest absolute Gasteiger partial charge is 0.480 e. The highest BCUT2D eigenvalue weighted by atomic mass is 32.2. The van der Waals surface area contributed by atoms with Crippen molar-refractivity contribution in [2.75, 3.05) is 18.1 Å². The molecule has 0 radical (unpaired) electrons. The predicted octanol–water partition coefficient (Wildman–Crippen LogP) is 0.535. The van der Waals surface area contributed by atoms with Crippen LogP contribution in [0.15, 0.2) is 0 Å². The molecule has 1 heterocycles. The zero-order valence-corrected chi connectivity index (χ0v) is 11.8. The first-order valence-electron chi connectivity index (χ1n) is 5.70. The summed E-state index contributed by atoms with van der Waals surface area (Å²) in [4.78, 5) is 21.8. The van der Waals surface area contributed by atoms with E-state index in [-0.39, 0.29) is 23.2 Å². The Kier molecular flexibility index (Phi) is 5.61. The van der Waals surface area contributed by atoms with Gasteiger partial charge in [-0.2, -0.15) is 4.31 Å². The molecule has 104 valence electrons. The van der Waals surface area contributed by atoms with E-state index < -0.39 is 22.0 Å². The average Bonchev–Trinajstić information content (AvgIpc) is 2.28. The first-order chi connectivity index (χ1) is 8.34. The molecular formula is C10H17NO5S2. The van der Waals surface area contributed by atoms with Crippen LogP contribution in [-0.2, 0) is 19.6 Å². The van der Waals surface area contributed by atoms with Crippen molar-refractivity contribution < 1.29 is 23.1 Å². The smallest absolute Gasteiger partial charge is 0.322 e. The zero-order valence-electron chi connectivity index (χ0n) is 10.2. The molecule has 1 fully saturated rings. The molecule has 18 heavy (non-hydrogen) atoms. The van der Waals surface area contributed by atoms with Gasteiger partial charge in [-0.25, -0.2) is 8.42 Å². The summed E-state index contributed by atoms with van der Waals surface area (Å²) in [6.45, 7) is 1.63. The van der Waals surface area contributed by atoms with Gasteiger partial charge in [0, 0.05) is 19.2 Å². The number of carboxylic acid groups (broad SMARTS) is 1.